The first kappa shape index (κ1) is 20.7. The number of rotatable bonds is 8. The zero-order valence-electron chi connectivity index (χ0n) is 15.9. The monoisotopic (exact) mass is 412 g/mol. The van der Waals surface area contributed by atoms with Crippen LogP contribution >= 0.6 is 11.3 Å². The van der Waals surface area contributed by atoms with Crippen LogP contribution in [-0.4, -0.2) is 30.0 Å². The molecule has 0 aliphatic heterocycles. The largest absolute Gasteiger partial charge is 0.466 e. The Morgan fingerprint density at radius 3 is 2.59 bits per heavy atom. The normalized spacial score (nSPS) is 11.7. The predicted molar refractivity (Wildman–Crippen MR) is 110 cm³/mol. The van der Waals surface area contributed by atoms with E-state index in [4.69, 9.17) is 4.74 Å². The van der Waals surface area contributed by atoms with Crippen LogP contribution in [0.25, 0.3) is 10.6 Å². The SMILES string of the molecule is CCOC(=O)C(CNC(=O)c1cnc(-c2ccccc2F)s1)Cc1ccccc1. The molecule has 0 saturated heterocycles. The summed E-state index contributed by atoms with van der Waals surface area (Å²) in [5.74, 6) is -1.60. The van der Waals surface area contributed by atoms with Crippen LogP contribution in [-0.2, 0) is 16.0 Å². The van der Waals surface area contributed by atoms with Gasteiger partial charge in [0.2, 0.25) is 0 Å². The summed E-state index contributed by atoms with van der Waals surface area (Å²) >= 11 is 1.10. The lowest BCUT2D eigenvalue weighted by Crippen LogP contribution is -2.34. The summed E-state index contributed by atoms with van der Waals surface area (Å²) in [6.45, 7) is 2.16. The highest BCUT2D eigenvalue weighted by Crippen LogP contribution is 2.27. The van der Waals surface area contributed by atoms with Crippen LogP contribution in [0.3, 0.4) is 0 Å². The summed E-state index contributed by atoms with van der Waals surface area (Å²) in [5, 5.41) is 3.20. The quantitative estimate of drug-likeness (QED) is 0.566. The molecule has 1 heterocycles. The topological polar surface area (TPSA) is 68.3 Å². The van der Waals surface area contributed by atoms with E-state index in [-0.39, 0.29) is 30.8 Å². The van der Waals surface area contributed by atoms with Gasteiger partial charge in [-0.05, 0) is 31.0 Å². The van der Waals surface area contributed by atoms with Gasteiger partial charge < -0.3 is 10.1 Å². The van der Waals surface area contributed by atoms with Crippen molar-refractivity contribution in [3.8, 4) is 10.6 Å². The number of hydrogen-bond acceptors (Lipinski definition) is 5. The Hall–Kier alpha value is -3.06. The molecule has 1 aromatic heterocycles. The van der Waals surface area contributed by atoms with E-state index in [2.05, 4.69) is 10.3 Å². The third-order valence-electron chi connectivity index (χ3n) is 4.29. The lowest BCUT2D eigenvalue weighted by Gasteiger charge is -2.16. The minimum Gasteiger partial charge on any atom is -0.466 e. The predicted octanol–water partition coefficient (Wildman–Crippen LogP) is 4.10. The van der Waals surface area contributed by atoms with Gasteiger partial charge in [-0.2, -0.15) is 0 Å². The number of nitrogens with zero attached hydrogens (tertiary/aromatic N) is 1. The van der Waals surface area contributed by atoms with Crippen LogP contribution < -0.4 is 5.32 Å². The van der Waals surface area contributed by atoms with Crippen LogP contribution in [0.1, 0.15) is 22.2 Å². The fourth-order valence-electron chi connectivity index (χ4n) is 2.84. The zero-order chi connectivity index (χ0) is 20.6. The van der Waals surface area contributed by atoms with Crippen molar-refractivity contribution in [2.24, 2.45) is 5.92 Å². The van der Waals surface area contributed by atoms with Crippen LogP contribution in [0.15, 0.2) is 60.8 Å². The molecule has 3 aromatic rings. The minimum atomic E-state index is -0.500. The van der Waals surface area contributed by atoms with Gasteiger partial charge in [0.1, 0.15) is 15.7 Å². The van der Waals surface area contributed by atoms with E-state index >= 15 is 0 Å². The highest BCUT2D eigenvalue weighted by molar-refractivity contribution is 7.16. The average molecular weight is 412 g/mol. The van der Waals surface area contributed by atoms with Gasteiger partial charge in [-0.25, -0.2) is 9.37 Å². The van der Waals surface area contributed by atoms with Crippen LogP contribution in [0.4, 0.5) is 4.39 Å². The van der Waals surface area contributed by atoms with Gasteiger partial charge in [-0.15, -0.1) is 11.3 Å². The highest BCUT2D eigenvalue weighted by atomic mass is 32.1. The minimum absolute atomic E-state index is 0.138. The van der Waals surface area contributed by atoms with Crippen molar-refractivity contribution in [1.82, 2.24) is 10.3 Å². The number of thiazole rings is 1. The molecule has 0 spiro atoms. The molecule has 1 amide bonds. The lowest BCUT2D eigenvalue weighted by atomic mass is 9.99. The molecule has 0 fully saturated rings. The molecule has 1 N–H and O–H groups in total. The van der Waals surface area contributed by atoms with E-state index < -0.39 is 5.92 Å². The van der Waals surface area contributed by atoms with Crippen LogP contribution in [0, 0.1) is 11.7 Å². The molecule has 150 valence electrons. The lowest BCUT2D eigenvalue weighted by molar-refractivity contribution is -0.147. The number of amides is 1. The smallest absolute Gasteiger partial charge is 0.311 e. The molecular formula is C22H21FN2O3S. The number of nitrogens with one attached hydrogen (secondary N) is 1. The van der Waals surface area contributed by atoms with Gasteiger partial charge in [0.05, 0.1) is 18.7 Å². The van der Waals surface area contributed by atoms with Crippen LogP contribution in [0.2, 0.25) is 0 Å². The van der Waals surface area contributed by atoms with Crippen LogP contribution in [0.5, 0.6) is 0 Å². The summed E-state index contributed by atoms with van der Waals surface area (Å²) < 4.78 is 19.1. The number of ether oxygens (including phenoxy) is 1. The Bertz CT molecular complexity index is 975. The van der Waals surface area contributed by atoms with E-state index in [1.54, 1.807) is 25.1 Å². The fraction of sp³-hybridized carbons (Fsp3) is 0.227. The Balaban J connectivity index is 1.67. The number of carbonyl (C=O) groups excluding carboxylic acids is 2. The molecule has 1 atom stereocenters. The Labute approximate surface area is 172 Å². The van der Waals surface area contributed by atoms with Gasteiger partial charge >= 0.3 is 5.97 Å². The number of halogens is 1. The van der Waals surface area contributed by atoms with E-state index in [1.165, 1.54) is 12.3 Å². The third kappa shape index (κ3) is 5.48. The van der Waals surface area contributed by atoms with E-state index in [9.17, 15) is 14.0 Å². The third-order valence-corrected chi connectivity index (χ3v) is 5.32. The van der Waals surface area contributed by atoms with Gasteiger partial charge in [0.15, 0.2) is 0 Å². The van der Waals surface area contributed by atoms with E-state index in [0.717, 1.165) is 16.9 Å². The molecule has 29 heavy (non-hydrogen) atoms. The Morgan fingerprint density at radius 1 is 1.14 bits per heavy atom. The molecular weight excluding hydrogens is 391 g/mol. The summed E-state index contributed by atoms with van der Waals surface area (Å²) in [5.41, 5.74) is 1.34. The van der Waals surface area contributed by atoms with Gasteiger partial charge in [0.25, 0.3) is 5.91 Å². The van der Waals surface area contributed by atoms with Crippen molar-refractivity contribution >= 4 is 23.2 Å². The van der Waals surface area contributed by atoms with Crippen molar-refractivity contribution in [3.05, 3.63) is 77.1 Å². The van der Waals surface area contributed by atoms with Crippen molar-refractivity contribution in [2.75, 3.05) is 13.2 Å². The maximum absolute atomic E-state index is 13.9. The van der Waals surface area contributed by atoms with Crippen molar-refractivity contribution in [3.63, 3.8) is 0 Å². The number of benzene rings is 2. The number of carbonyl (C=O) groups is 2. The van der Waals surface area contributed by atoms with Gasteiger partial charge in [0, 0.05) is 12.1 Å². The summed E-state index contributed by atoms with van der Waals surface area (Å²) in [4.78, 5) is 29.3. The second-order valence-corrected chi connectivity index (χ2v) is 7.39. The second-order valence-electron chi connectivity index (χ2n) is 6.36. The van der Waals surface area contributed by atoms with Gasteiger partial charge in [-0.1, -0.05) is 42.5 Å². The molecule has 3 rings (SSSR count). The summed E-state index contributed by atoms with van der Waals surface area (Å²) in [6.07, 6.45) is 1.88. The number of esters is 1. The van der Waals surface area contributed by atoms with E-state index in [0.29, 0.717) is 21.9 Å². The Kier molecular flexibility index (Phi) is 7.08. The fourth-order valence-corrected chi connectivity index (χ4v) is 3.70. The average Bonchev–Trinajstić information content (AvgIpc) is 3.22. The first-order chi connectivity index (χ1) is 14.1. The maximum Gasteiger partial charge on any atom is 0.311 e. The first-order valence-electron chi connectivity index (χ1n) is 9.28. The first-order valence-corrected chi connectivity index (χ1v) is 10.1. The van der Waals surface area contributed by atoms with Crippen molar-refractivity contribution < 1.29 is 18.7 Å². The number of aromatic nitrogens is 1. The van der Waals surface area contributed by atoms with Crippen molar-refractivity contribution in [1.29, 1.82) is 0 Å². The second kappa shape index (κ2) is 9.93. The molecule has 2 aromatic carbocycles. The van der Waals surface area contributed by atoms with Gasteiger partial charge in [-0.3, -0.25) is 9.59 Å². The molecule has 7 heteroatoms. The van der Waals surface area contributed by atoms with E-state index in [1.807, 2.05) is 30.3 Å². The molecule has 0 aliphatic carbocycles. The standard InChI is InChI=1S/C22H21FN2O3S/c1-2-28-22(27)16(12-15-8-4-3-5-9-15)13-24-20(26)19-14-25-21(29-19)17-10-6-7-11-18(17)23/h3-11,14,16H,2,12-13H2,1H3,(H,24,26). The molecule has 5 nitrogen and oxygen atoms in total. The maximum atomic E-state index is 13.9. The zero-order valence-corrected chi connectivity index (χ0v) is 16.7. The molecule has 0 saturated carbocycles. The molecule has 1 unspecified atom stereocenters. The molecule has 0 aliphatic rings. The molecule has 0 bridgehead atoms. The summed E-state index contributed by atoms with van der Waals surface area (Å²) in [7, 11) is 0. The summed E-state index contributed by atoms with van der Waals surface area (Å²) in [6, 6.07) is 15.8. The highest BCUT2D eigenvalue weighted by Gasteiger charge is 2.22. The Morgan fingerprint density at radius 2 is 1.86 bits per heavy atom. The van der Waals surface area contributed by atoms with Crippen molar-refractivity contribution in [2.45, 2.75) is 13.3 Å². The number of hydrogen-bond donors (Lipinski definition) is 1. The molecule has 0 radical (unpaired) electrons.